The summed E-state index contributed by atoms with van der Waals surface area (Å²) >= 11 is 5.82. The van der Waals surface area contributed by atoms with Crippen LogP contribution in [-0.2, 0) is 36.0 Å². The van der Waals surface area contributed by atoms with Crippen LogP contribution in [0.4, 0.5) is 0 Å². The molecule has 2 heterocycles. The molecule has 6 nitrogen and oxygen atoms in total. The maximum absolute atomic E-state index is 11.6. The summed E-state index contributed by atoms with van der Waals surface area (Å²) in [6.45, 7) is 2.23. The van der Waals surface area contributed by atoms with E-state index in [0.29, 0.717) is 12.3 Å². The second-order valence-corrected chi connectivity index (χ2v) is 5.00. The Morgan fingerprint density at radius 2 is 2.15 bits per heavy atom. The maximum Gasteiger partial charge on any atom is 0.325 e. The average molecular weight is 299 g/mol. The standard InChI is InChI=1S/C13H19ClN4O2/c1-4-5-9-12-13(17(2)16-9)18(8-11(19)20-3)10(15-12)6-7-14/h4-8H2,1-3H3. The number of imidazole rings is 1. The number of esters is 1. The minimum Gasteiger partial charge on any atom is -0.468 e. The van der Waals surface area contributed by atoms with Gasteiger partial charge in [0.05, 0.1) is 12.8 Å². The third-order valence-corrected chi connectivity index (χ3v) is 3.38. The van der Waals surface area contributed by atoms with Gasteiger partial charge in [0, 0.05) is 19.3 Å². The Balaban J connectivity index is 2.55. The number of methoxy groups -OCH3 is 1. The highest BCUT2D eigenvalue weighted by Crippen LogP contribution is 2.21. The second-order valence-electron chi connectivity index (χ2n) is 4.62. The zero-order chi connectivity index (χ0) is 14.7. The van der Waals surface area contributed by atoms with Gasteiger partial charge >= 0.3 is 5.97 Å². The van der Waals surface area contributed by atoms with Crippen LogP contribution in [0.25, 0.3) is 11.2 Å². The SMILES string of the molecule is CCCc1nn(C)c2c1nc(CCCl)n2CC(=O)OC. The number of carbonyl (C=O) groups is 1. The molecule has 2 aromatic rings. The zero-order valence-electron chi connectivity index (χ0n) is 12.0. The molecule has 110 valence electrons. The number of ether oxygens (including phenoxy) is 1. The number of nitrogens with zero attached hydrogens (tertiary/aromatic N) is 4. The molecule has 0 atom stereocenters. The van der Waals surface area contributed by atoms with Gasteiger partial charge in [0.25, 0.3) is 0 Å². The van der Waals surface area contributed by atoms with E-state index >= 15 is 0 Å². The predicted octanol–water partition coefficient (Wildman–Crippen LogP) is 1.68. The Morgan fingerprint density at radius 3 is 2.75 bits per heavy atom. The van der Waals surface area contributed by atoms with E-state index in [2.05, 4.69) is 17.0 Å². The van der Waals surface area contributed by atoms with E-state index in [9.17, 15) is 4.79 Å². The lowest BCUT2D eigenvalue weighted by Crippen LogP contribution is -2.16. The summed E-state index contributed by atoms with van der Waals surface area (Å²) in [5.74, 6) is 0.949. The van der Waals surface area contributed by atoms with E-state index in [1.807, 2.05) is 11.6 Å². The normalized spacial score (nSPS) is 11.2. The highest BCUT2D eigenvalue weighted by molar-refractivity contribution is 6.17. The van der Waals surface area contributed by atoms with Crippen LogP contribution in [-0.4, -0.2) is 38.3 Å². The van der Waals surface area contributed by atoms with Gasteiger partial charge in [-0.15, -0.1) is 11.6 Å². The number of hydrogen-bond acceptors (Lipinski definition) is 4. The van der Waals surface area contributed by atoms with Gasteiger partial charge in [-0.1, -0.05) is 13.3 Å². The first-order valence-electron chi connectivity index (χ1n) is 6.66. The third kappa shape index (κ3) is 2.65. The van der Waals surface area contributed by atoms with Gasteiger partial charge in [-0.2, -0.15) is 5.10 Å². The fraction of sp³-hybridized carbons (Fsp3) is 0.615. The van der Waals surface area contributed by atoms with Crippen LogP contribution < -0.4 is 0 Å². The lowest BCUT2D eigenvalue weighted by atomic mass is 10.2. The molecule has 0 fully saturated rings. The largest absolute Gasteiger partial charge is 0.468 e. The molecule has 0 radical (unpaired) electrons. The number of aromatic nitrogens is 4. The molecule has 0 aliphatic heterocycles. The Bertz CT molecular complexity index is 617. The zero-order valence-corrected chi connectivity index (χ0v) is 12.8. The number of rotatable bonds is 6. The first-order valence-corrected chi connectivity index (χ1v) is 7.19. The molecule has 0 saturated carbocycles. The van der Waals surface area contributed by atoms with Gasteiger partial charge in [0.15, 0.2) is 5.65 Å². The minimum absolute atomic E-state index is 0.129. The van der Waals surface area contributed by atoms with E-state index in [0.717, 1.165) is 35.5 Å². The molecule has 7 heteroatoms. The first kappa shape index (κ1) is 14.8. The highest BCUT2D eigenvalue weighted by atomic mass is 35.5. The Kier molecular flexibility index (Phi) is 4.65. The number of carbonyl (C=O) groups excluding carboxylic acids is 1. The highest BCUT2D eigenvalue weighted by Gasteiger charge is 2.20. The minimum atomic E-state index is -0.307. The van der Waals surface area contributed by atoms with Crippen LogP contribution >= 0.6 is 11.6 Å². The summed E-state index contributed by atoms with van der Waals surface area (Å²) < 4.78 is 8.36. The molecule has 2 rings (SSSR count). The van der Waals surface area contributed by atoms with Gasteiger partial charge in [-0.05, 0) is 6.42 Å². The summed E-state index contributed by atoms with van der Waals surface area (Å²) in [4.78, 5) is 16.2. The Hall–Kier alpha value is -1.56. The monoisotopic (exact) mass is 298 g/mol. The molecule has 0 saturated heterocycles. The van der Waals surface area contributed by atoms with Gasteiger partial charge in [0.1, 0.15) is 17.9 Å². The van der Waals surface area contributed by atoms with Crippen molar-refractivity contribution in [2.24, 2.45) is 7.05 Å². The molecule has 0 aliphatic rings. The van der Waals surface area contributed by atoms with Gasteiger partial charge < -0.3 is 9.30 Å². The lowest BCUT2D eigenvalue weighted by Gasteiger charge is -2.07. The molecule has 0 N–H and O–H groups in total. The summed E-state index contributed by atoms with van der Waals surface area (Å²) in [6, 6.07) is 0. The van der Waals surface area contributed by atoms with E-state index < -0.39 is 0 Å². The fourth-order valence-electron chi connectivity index (χ4n) is 2.33. The van der Waals surface area contributed by atoms with Crippen LogP contribution in [0.15, 0.2) is 0 Å². The molecule has 2 aromatic heterocycles. The van der Waals surface area contributed by atoms with E-state index in [-0.39, 0.29) is 12.5 Å². The lowest BCUT2D eigenvalue weighted by molar-refractivity contribution is -0.141. The number of alkyl halides is 1. The van der Waals surface area contributed by atoms with Crippen LogP contribution in [0.2, 0.25) is 0 Å². The number of fused-ring (bicyclic) bond motifs is 1. The molecule has 0 bridgehead atoms. The van der Waals surface area contributed by atoms with Crippen molar-refractivity contribution in [3.63, 3.8) is 0 Å². The molecule has 20 heavy (non-hydrogen) atoms. The van der Waals surface area contributed by atoms with Crippen molar-refractivity contribution in [3.8, 4) is 0 Å². The Morgan fingerprint density at radius 1 is 1.40 bits per heavy atom. The molecule has 0 unspecified atom stereocenters. The molecule has 0 amide bonds. The van der Waals surface area contributed by atoms with Crippen LogP contribution in [0.1, 0.15) is 24.9 Å². The molecular weight excluding hydrogens is 280 g/mol. The number of hydrogen-bond donors (Lipinski definition) is 0. The third-order valence-electron chi connectivity index (χ3n) is 3.19. The van der Waals surface area contributed by atoms with Crippen LogP contribution in [0.3, 0.4) is 0 Å². The van der Waals surface area contributed by atoms with Gasteiger partial charge in [-0.3, -0.25) is 9.48 Å². The quantitative estimate of drug-likeness (QED) is 0.601. The summed E-state index contributed by atoms with van der Waals surface area (Å²) in [7, 11) is 3.24. The van der Waals surface area contributed by atoms with Crippen molar-refractivity contribution in [2.75, 3.05) is 13.0 Å². The fourth-order valence-corrected chi connectivity index (χ4v) is 2.50. The summed E-state index contributed by atoms with van der Waals surface area (Å²) in [5, 5.41) is 4.48. The van der Waals surface area contributed by atoms with E-state index in [1.54, 1.807) is 4.68 Å². The smallest absolute Gasteiger partial charge is 0.325 e. The van der Waals surface area contributed by atoms with E-state index in [4.69, 9.17) is 16.3 Å². The summed E-state index contributed by atoms with van der Waals surface area (Å²) in [6.07, 6.45) is 2.48. The average Bonchev–Trinajstić information content (AvgIpc) is 2.91. The van der Waals surface area contributed by atoms with Crippen molar-refractivity contribution in [2.45, 2.75) is 32.7 Å². The molecular formula is C13H19ClN4O2. The van der Waals surface area contributed by atoms with Gasteiger partial charge in [-0.25, -0.2) is 4.98 Å². The second kappa shape index (κ2) is 6.26. The Labute approximate surface area is 122 Å². The number of halogens is 1. The maximum atomic E-state index is 11.6. The molecule has 0 spiro atoms. The van der Waals surface area contributed by atoms with Crippen molar-refractivity contribution < 1.29 is 9.53 Å². The van der Waals surface area contributed by atoms with E-state index in [1.165, 1.54) is 7.11 Å². The molecule has 0 aliphatic carbocycles. The predicted molar refractivity (Wildman–Crippen MR) is 76.9 cm³/mol. The van der Waals surface area contributed by atoms with Crippen molar-refractivity contribution >= 4 is 28.7 Å². The van der Waals surface area contributed by atoms with Crippen molar-refractivity contribution in [3.05, 3.63) is 11.5 Å². The summed E-state index contributed by atoms with van der Waals surface area (Å²) in [5.41, 5.74) is 2.67. The van der Waals surface area contributed by atoms with Crippen LogP contribution in [0, 0.1) is 0 Å². The number of aryl methyl sites for hydroxylation is 3. The molecule has 0 aromatic carbocycles. The van der Waals surface area contributed by atoms with Crippen LogP contribution in [0.5, 0.6) is 0 Å². The van der Waals surface area contributed by atoms with Crippen molar-refractivity contribution in [1.29, 1.82) is 0 Å². The first-order chi connectivity index (χ1) is 9.62. The van der Waals surface area contributed by atoms with Crippen molar-refractivity contribution in [1.82, 2.24) is 19.3 Å². The van der Waals surface area contributed by atoms with Gasteiger partial charge in [0.2, 0.25) is 0 Å². The topological polar surface area (TPSA) is 61.9 Å².